The lowest BCUT2D eigenvalue weighted by Crippen LogP contribution is -2.18. The van der Waals surface area contributed by atoms with Crippen LogP contribution in [0, 0.1) is 0 Å². The number of methoxy groups -OCH3 is 2. The van der Waals surface area contributed by atoms with Crippen molar-refractivity contribution in [2.24, 2.45) is 0 Å². The minimum absolute atomic E-state index is 0.396. The zero-order chi connectivity index (χ0) is 16.4. The van der Waals surface area contributed by atoms with E-state index in [0.29, 0.717) is 24.3 Å². The Morgan fingerprint density at radius 3 is 2.27 bits per heavy atom. The summed E-state index contributed by atoms with van der Waals surface area (Å²) in [5.74, 6) is 1.41. The minimum Gasteiger partial charge on any atom is -0.493 e. The number of ether oxygens (including phenoxy) is 2. The summed E-state index contributed by atoms with van der Waals surface area (Å²) in [6.45, 7) is 2.14. The van der Waals surface area contributed by atoms with Crippen molar-refractivity contribution in [2.75, 3.05) is 14.2 Å². The molecule has 0 aromatic heterocycles. The fraction of sp³-hybridized carbons (Fsp3) is 0.667. The van der Waals surface area contributed by atoms with Crippen LogP contribution in [0.3, 0.4) is 0 Å². The summed E-state index contributed by atoms with van der Waals surface area (Å²) in [6.07, 6.45) is 5.08. The van der Waals surface area contributed by atoms with E-state index in [1.165, 1.54) is 0 Å². The zero-order valence-electron chi connectivity index (χ0n) is 14.0. The highest BCUT2D eigenvalue weighted by molar-refractivity contribution is 5.42. The first-order valence-electron chi connectivity index (χ1n) is 8.17. The molecule has 0 aliphatic rings. The Hall–Kier alpha value is -1.26. The maximum absolute atomic E-state index is 10.0. The van der Waals surface area contributed by atoms with Gasteiger partial charge in [-0.25, -0.2) is 0 Å². The highest BCUT2D eigenvalue weighted by Gasteiger charge is 2.12. The van der Waals surface area contributed by atoms with E-state index in [-0.39, 0.29) is 0 Å². The number of benzene rings is 1. The van der Waals surface area contributed by atoms with Crippen LogP contribution < -0.4 is 9.47 Å². The van der Waals surface area contributed by atoms with E-state index in [0.717, 1.165) is 37.7 Å². The Morgan fingerprint density at radius 1 is 0.955 bits per heavy atom. The van der Waals surface area contributed by atoms with E-state index in [2.05, 4.69) is 6.92 Å². The van der Waals surface area contributed by atoms with Gasteiger partial charge in [0.05, 0.1) is 26.4 Å². The molecule has 1 aromatic carbocycles. The molecule has 126 valence electrons. The third kappa shape index (κ3) is 6.67. The third-order valence-corrected chi connectivity index (χ3v) is 3.90. The van der Waals surface area contributed by atoms with Crippen LogP contribution in [0.5, 0.6) is 11.5 Å². The lowest BCUT2D eigenvalue weighted by molar-refractivity contribution is 0.0698. The number of aliphatic hydroxyl groups excluding tert-OH is 2. The summed E-state index contributed by atoms with van der Waals surface area (Å²) in [5.41, 5.74) is 1.09. The molecule has 0 bridgehead atoms. The van der Waals surface area contributed by atoms with E-state index in [1.807, 2.05) is 18.2 Å². The van der Waals surface area contributed by atoms with Crippen molar-refractivity contribution < 1.29 is 19.7 Å². The van der Waals surface area contributed by atoms with E-state index >= 15 is 0 Å². The Morgan fingerprint density at radius 2 is 1.64 bits per heavy atom. The van der Waals surface area contributed by atoms with Gasteiger partial charge >= 0.3 is 0 Å². The first-order chi connectivity index (χ1) is 10.6. The number of hydrogen-bond acceptors (Lipinski definition) is 4. The fourth-order valence-electron chi connectivity index (χ4n) is 2.55. The molecule has 1 aromatic rings. The van der Waals surface area contributed by atoms with Crippen molar-refractivity contribution in [3.8, 4) is 11.5 Å². The first-order valence-corrected chi connectivity index (χ1v) is 8.17. The van der Waals surface area contributed by atoms with Crippen molar-refractivity contribution in [2.45, 2.75) is 64.1 Å². The summed E-state index contributed by atoms with van der Waals surface area (Å²) in [5, 5.41) is 19.9. The highest BCUT2D eigenvalue weighted by atomic mass is 16.5. The van der Waals surface area contributed by atoms with Crippen LogP contribution in [0.15, 0.2) is 18.2 Å². The second-order valence-electron chi connectivity index (χ2n) is 5.77. The average Bonchev–Trinajstić information content (AvgIpc) is 2.52. The van der Waals surface area contributed by atoms with Gasteiger partial charge in [0.15, 0.2) is 11.5 Å². The van der Waals surface area contributed by atoms with Crippen LogP contribution >= 0.6 is 0 Å². The predicted octanol–water partition coefficient (Wildman–Crippen LogP) is 3.33. The molecule has 2 atom stereocenters. The van der Waals surface area contributed by atoms with Gasteiger partial charge in [0.1, 0.15) is 0 Å². The standard InChI is InChI=1S/C18H30O4/c1-4-5-6-7-15(19)13-16(20)10-8-14-9-11-17(21-2)18(12-14)22-3/h9,11-12,15-16,19-20H,4-8,10,13H2,1-3H3. The normalized spacial score (nSPS) is 13.7. The van der Waals surface area contributed by atoms with Gasteiger partial charge in [0.25, 0.3) is 0 Å². The van der Waals surface area contributed by atoms with Crippen LogP contribution in [0.4, 0.5) is 0 Å². The number of hydrogen-bond donors (Lipinski definition) is 2. The van der Waals surface area contributed by atoms with Gasteiger partial charge in [0.2, 0.25) is 0 Å². The molecule has 0 saturated heterocycles. The molecule has 0 aliphatic heterocycles. The molecule has 4 heteroatoms. The molecule has 22 heavy (non-hydrogen) atoms. The molecular weight excluding hydrogens is 280 g/mol. The van der Waals surface area contributed by atoms with Crippen molar-refractivity contribution in [1.29, 1.82) is 0 Å². The Bertz CT molecular complexity index is 420. The largest absolute Gasteiger partial charge is 0.493 e. The highest BCUT2D eigenvalue weighted by Crippen LogP contribution is 2.28. The van der Waals surface area contributed by atoms with Crippen LogP contribution in [0.1, 0.15) is 51.0 Å². The average molecular weight is 310 g/mol. The second kappa shape index (κ2) is 10.5. The first kappa shape index (κ1) is 18.8. The zero-order valence-corrected chi connectivity index (χ0v) is 14.0. The lowest BCUT2D eigenvalue weighted by Gasteiger charge is -2.16. The maximum Gasteiger partial charge on any atom is 0.160 e. The fourth-order valence-corrected chi connectivity index (χ4v) is 2.55. The Balaban J connectivity index is 2.38. The monoisotopic (exact) mass is 310 g/mol. The lowest BCUT2D eigenvalue weighted by atomic mass is 10.00. The molecule has 0 fully saturated rings. The Labute approximate surface area is 134 Å². The van der Waals surface area contributed by atoms with Crippen molar-refractivity contribution in [3.05, 3.63) is 23.8 Å². The molecule has 0 aliphatic carbocycles. The van der Waals surface area contributed by atoms with Crippen LogP contribution in [-0.4, -0.2) is 36.6 Å². The third-order valence-electron chi connectivity index (χ3n) is 3.90. The molecule has 0 spiro atoms. The number of unbranched alkanes of at least 4 members (excludes halogenated alkanes) is 2. The van der Waals surface area contributed by atoms with Gasteiger partial charge in [0, 0.05) is 0 Å². The van der Waals surface area contributed by atoms with E-state index in [1.54, 1.807) is 14.2 Å². The number of aliphatic hydroxyl groups is 2. The molecule has 0 radical (unpaired) electrons. The van der Waals surface area contributed by atoms with Gasteiger partial charge in [-0.2, -0.15) is 0 Å². The van der Waals surface area contributed by atoms with Crippen LogP contribution in [-0.2, 0) is 6.42 Å². The van der Waals surface area contributed by atoms with Crippen molar-refractivity contribution >= 4 is 0 Å². The number of aryl methyl sites for hydroxylation is 1. The van der Waals surface area contributed by atoms with Crippen LogP contribution in [0.25, 0.3) is 0 Å². The topological polar surface area (TPSA) is 58.9 Å². The van der Waals surface area contributed by atoms with Gasteiger partial charge in [-0.05, 0) is 43.4 Å². The molecule has 0 saturated carbocycles. The van der Waals surface area contributed by atoms with E-state index in [9.17, 15) is 10.2 Å². The summed E-state index contributed by atoms with van der Waals surface area (Å²) in [4.78, 5) is 0. The maximum atomic E-state index is 10.0. The quantitative estimate of drug-likeness (QED) is 0.616. The molecule has 4 nitrogen and oxygen atoms in total. The van der Waals surface area contributed by atoms with E-state index in [4.69, 9.17) is 9.47 Å². The van der Waals surface area contributed by atoms with Crippen molar-refractivity contribution in [3.63, 3.8) is 0 Å². The summed E-state index contributed by atoms with van der Waals surface area (Å²) >= 11 is 0. The molecule has 0 heterocycles. The van der Waals surface area contributed by atoms with E-state index < -0.39 is 12.2 Å². The van der Waals surface area contributed by atoms with Gasteiger partial charge in [-0.1, -0.05) is 32.3 Å². The Kier molecular flexibility index (Phi) is 8.94. The molecule has 2 unspecified atom stereocenters. The molecule has 1 rings (SSSR count). The summed E-state index contributed by atoms with van der Waals surface area (Å²) in [6, 6.07) is 5.79. The minimum atomic E-state index is -0.468. The second-order valence-corrected chi connectivity index (χ2v) is 5.77. The molecular formula is C18H30O4. The van der Waals surface area contributed by atoms with Crippen molar-refractivity contribution in [1.82, 2.24) is 0 Å². The molecule has 2 N–H and O–H groups in total. The van der Waals surface area contributed by atoms with Gasteiger partial charge < -0.3 is 19.7 Å². The molecule has 0 amide bonds. The predicted molar refractivity (Wildman–Crippen MR) is 88.6 cm³/mol. The SMILES string of the molecule is CCCCCC(O)CC(O)CCc1ccc(OC)c(OC)c1. The number of rotatable bonds is 11. The van der Waals surface area contributed by atoms with Gasteiger partial charge in [-0.15, -0.1) is 0 Å². The van der Waals surface area contributed by atoms with Gasteiger partial charge in [-0.3, -0.25) is 0 Å². The summed E-state index contributed by atoms with van der Waals surface area (Å²) in [7, 11) is 3.23. The smallest absolute Gasteiger partial charge is 0.160 e. The van der Waals surface area contributed by atoms with Crippen LogP contribution in [0.2, 0.25) is 0 Å². The summed E-state index contributed by atoms with van der Waals surface area (Å²) < 4.78 is 10.5.